The number of nitrogens with zero attached hydrogens (tertiary/aromatic N) is 4. The van der Waals surface area contributed by atoms with Crippen LogP contribution in [0.4, 0.5) is 0 Å². The molecule has 1 heterocycles. The highest BCUT2D eigenvalue weighted by Crippen LogP contribution is 2.16. The molecule has 1 aromatic heterocycles. The summed E-state index contributed by atoms with van der Waals surface area (Å²) in [6.45, 7) is 4.20. The number of hydrogen-bond acceptors (Lipinski definition) is 5. The Morgan fingerprint density at radius 2 is 2.05 bits per heavy atom. The van der Waals surface area contributed by atoms with Crippen molar-refractivity contribution in [3.05, 3.63) is 41.2 Å². The molecule has 0 unspecified atom stereocenters. The van der Waals surface area contributed by atoms with Crippen LogP contribution < -0.4 is 0 Å². The van der Waals surface area contributed by atoms with Crippen LogP contribution in [0.1, 0.15) is 48.4 Å². The molecule has 0 radical (unpaired) electrons. The largest absolute Gasteiger partial charge is 0.462 e. The molecular weight excluding hydrogens is 280 g/mol. The van der Waals surface area contributed by atoms with E-state index in [1.165, 1.54) is 0 Å². The Kier molecular flexibility index (Phi) is 5.26. The van der Waals surface area contributed by atoms with Crippen molar-refractivity contribution in [2.45, 2.75) is 33.1 Å². The molecule has 1 aromatic carbocycles. The third-order valence-electron chi connectivity index (χ3n) is 3.26. The fourth-order valence-corrected chi connectivity index (χ4v) is 2.12. The summed E-state index contributed by atoms with van der Waals surface area (Å²) in [7, 11) is 0. The molecule has 0 N–H and O–H groups in total. The standard InChI is InChI=1S/C16H18N4O2/c1-3-5-6-15-14(11-17)18-19-20(15)13-9-7-12(8-10-13)16(21)22-4-2/h7-10H,3-6H2,1-2H3. The smallest absolute Gasteiger partial charge is 0.338 e. The number of carbonyl (C=O) groups excluding carboxylic acids is 1. The van der Waals surface area contributed by atoms with E-state index in [4.69, 9.17) is 10.00 Å². The van der Waals surface area contributed by atoms with Gasteiger partial charge in [0.05, 0.1) is 23.6 Å². The van der Waals surface area contributed by atoms with E-state index in [0.717, 1.165) is 30.6 Å². The summed E-state index contributed by atoms with van der Waals surface area (Å²) in [4.78, 5) is 11.7. The number of rotatable bonds is 6. The maximum atomic E-state index is 11.7. The molecule has 2 aromatic rings. The van der Waals surface area contributed by atoms with Crippen molar-refractivity contribution >= 4 is 5.97 Å². The van der Waals surface area contributed by atoms with Gasteiger partial charge in [0.15, 0.2) is 5.69 Å². The normalized spacial score (nSPS) is 10.2. The maximum Gasteiger partial charge on any atom is 0.338 e. The summed E-state index contributed by atoms with van der Waals surface area (Å²) in [6, 6.07) is 8.99. The van der Waals surface area contributed by atoms with Gasteiger partial charge in [0.1, 0.15) is 6.07 Å². The molecule has 22 heavy (non-hydrogen) atoms. The van der Waals surface area contributed by atoms with Crippen LogP contribution in [0.3, 0.4) is 0 Å². The van der Waals surface area contributed by atoms with Gasteiger partial charge in [-0.15, -0.1) is 5.10 Å². The van der Waals surface area contributed by atoms with E-state index in [1.54, 1.807) is 35.9 Å². The highest BCUT2D eigenvalue weighted by atomic mass is 16.5. The zero-order valence-corrected chi connectivity index (χ0v) is 12.7. The van der Waals surface area contributed by atoms with Crippen LogP contribution in [0.15, 0.2) is 24.3 Å². The second-order valence-corrected chi connectivity index (χ2v) is 4.78. The SMILES string of the molecule is CCCCc1c(C#N)nnn1-c1ccc(C(=O)OCC)cc1. The van der Waals surface area contributed by atoms with Crippen LogP contribution >= 0.6 is 0 Å². The molecule has 0 fully saturated rings. The molecule has 6 nitrogen and oxygen atoms in total. The van der Waals surface area contributed by atoms with Crippen LogP contribution in [0.2, 0.25) is 0 Å². The van der Waals surface area contributed by atoms with Crippen molar-refractivity contribution in [1.82, 2.24) is 15.0 Å². The van der Waals surface area contributed by atoms with Gasteiger partial charge in [0, 0.05) is 0 Å². The number of benzene rings is 1. The number of carbonyl (C=O) groups is 1. The molecule has 0 saturated carbocycles. The Labute approximate surface area is 129 Å². The first kappa shape index (κ1) is 15.7. The zero-order valence-electron chi connectivity index (χ0n) is 12.7. The predicted octanol–water partition coefficient (Wildman–Crippen LogP) is 2.66. The number of esters is 1. The summed E-state index contributed by atoms with van der Waals surface area (Å²) in [5.74, 6) is -0.350. The summed E-state index contributed by atoms with van der Waals surface area (Å²) < 4.78 is 6.61. The van der Waals surface area contributed by atoms with E-state index < -0.39 is 0 Å². The molecule has 0 aliphatic heterocycles. The second-order valence-electron chi connectivity index (χ2n) is 4.78. The molecule has 2 rings (SSSR count). The molecule has 0 saturated heterocycles. The van der Waals surface area contributed by atoms with E-state index in [1.807, 2.05) is 0 Å². The fraction of sp³-hybridized carbons (Fsp3) is 0.375. The minimum atomic E-state index is -0.350. The lowest BCUT2D eigenvalue weighted by Crippen LogP contribution is -2.06. The number of unbranched alkanes of at least 4 members (excludes halogenated alkanes) is 1. The molecule has 0 spiro atoms. The molecular formula is C16H18N4O2. The van der Waals surface area contributed by atoms with E-state index in [2.05, 4.69) is 23.3 Å². The van der Waals surface area contributed by atoms with Crippen LogP contribution in [0.25, 0.3) is 5.69 Å². The topological polar surface area (TPSA) is 80.8 Å². The predicted molar refractivity (Wildman–Crippen MR) is 80.6 cm³/mol. The minimum absolute atomic E-state index is 0.344. The minimum Gasteiger partial charge on any atom is -0.462 e. The van der Waals surface area contributed by atoms with Crippen molar-refractivity contribution in [3.63, 3.8) is 0 Å². The fourth-order valence-electron chi connectivity index (χ4n) is 2.12. The van der Waals surface area contributed by atoms with Gasteiger partial charge < -0.3 is 4.74 Å². The van der Waals surface area contributed by atoms with Gasteiger partial charge in [-0.05, 0) is 44.0 Å². The second kappa shape index (κ2) is 7.36. The van der Waals surface area contributed by atoms with E-state index in [-0.39, 0.29) is 5.97 Å². The Bertz CT molecular complexity index is 683. The Morgan fingerprint density at radius 3 is 2.64 bits per heavy atom. The Hall–Kier alpha value is -2.68. The lowest BCUT2D eigenvalue weighted by Gasteiger charge is -2.07. The Morgan fingerprint density at radius 1 is 1.32 bits per heavy atom. The third kappa shape index (κ3) is 3.31. The first-order valence-corrected chi connectivity index (χ1v) is 7.33. The number of hydrogen-bond donors (Lipinski definition) is 0. The lowest BCUT2D eigenvalue weighted by molar-refractivity contribution is 0.0526. The maximum absolute atomic E-state index is 11.7. The number of aromatic nitrogens is 3. The summed E-state index contributed by atoms with van der Waals surface area (Å²) in [6.07, 6.45) is 2.73. The zero-order chi connectivity index (χ0) is 15.9. The monoisotopic (exact) mass is 298 g/mol. The van der Waals surface area contributed by atoms with Crippen LogP contribution in [0.5, 0.6) is 0 Å². The van der Waals surface area contributed by atoms with Gasteiger partial charge in [-0.2, -0.15) is 5.26 Å². The van der Waals surface area contributed by atoms with Crippen molar-refractivity contribution in [1.29, 1.82) is 5.26 Å². The van der Waals surface area contributed by atoms with Crippen LogP contribution in [0, 0.1) is 11.3 Å². The molecule has 0 aliphatic rings. The van der Waals surface area contributed by atoms with Gasteiger partial charge >= 0.3 is 5.97 Å². The van der Waals surface area contributed by atoms with Crippen LogP contribution in [-0.4, -0.2) is 27.6 Å². The van der Waals surface area contributed by atoms with Crippen LogP contribution in [-0.2, 0) is 11.2 Å². The highest BCUT2D eigenvalue weighted by molar-refractivity contribution is 5.89. The molecule has 0 aliphatic carbocycles. The van der Waals surface area contributed by atoms with Gasteiger partial charge in [-0.25, -0.2) is 9.48 Å². The quantitative estimate of drug-likeness (QED) is 0.766. The summed E-state index contributed by atoms with van der Waals surface area (Å²) in [5.41, 5.74) is 2.41. The third-order valence-corrected chi connectivity index (χ3v) is 3.26. The average molecular weight is 298 g/mol. The van der Waals surface area contributed by atoms with Crippen molar-refractivity contribution in [3.8, 4) is 11.8 Å². The van der Waals surface area contributed by atoms with Crippen molar-refractivity contribution < 1.29 is 9.53 Å². The van der Waals surface area contributed by atoms with E-state index >= 15 is 0 Å². The highest BCUT2D eigenvalue weighted by Gasteiger charge is 2.14. The van der Waals surface area contributed by atoms with E-state index in [0.29, 0.717) is 17.9 Å². The van der Waals surface area contributed by atoms with Gasteiger partial charge in [0.2, 0.25) is 0 Å². The number of ether oxygens (including phenoxy) is 1. The molecule has 114 valence electrons. The number of nitriles is 1. The lowest BCUT2D eigenvalue weighted by atomic mass is 10.1. The first-order valence-electron chi connectivity index (χ1n) is 7.33. The molecule has 0 bridgehead atoms. The molecule has 6 heteroatoms. The van der Waals surface area contributed by atoms with Gasteiger partial charge in [-0.3, -0.25) is 0 Å². The summed E-state index contributed by atoms with van der Waals surface area (Å²) >= 11 is 0. The Balaban J connectivity index is 2.30. The molecule has 0 amide bonds. The summed E-state index contributed by atoms with van der Waals surface area (Å²) in [5, 5.41) is 17.1. The molecule has 0 atom stereocenters. The first-order chi connectivity index (χ1) is 10.7. The van der Waals surface area contributed by atoms with Crippen molar-refractivity contribution in [2.75, 3.05) is 6.61 Å². The van der Waals surface area contributed by atoms with Gasteiger partial charge in [-0.1, -0.05) is 18.6 Å². The average Bonchev–Trinajstić information content (AvgIpc) is 2.96. The van der Waals surface area contributed by atoms with E-state index in [9.17, 15) is 4.79 Å². The van der Waals surface area contributed by atoms with Gasteiger partial charge in [0.25, 0.3) is 0 Å². The van der Waals surface area contributed by atoms with Crippen molar-refractivity contribution in [2.24, 2.45) is 0 Å².